The van der Waals surface area contributed by atoms with Crippen molar-refractivity contribution < 1.29 is 4.74 Å². The summed E-state index contributed by atoms with van der Waals surface area (Å²) >= 11 is 3.45. The van der Waals surface area contributed by atoms with Crippen LogP contribution < -0.4 is 0 Å². The lowest BCUT2D eigenvalue weighted by atomic mass is 10.1. The maximum atomic E-state index is 5.85. The van der Waals surface area contributed by atoms with Crippen LogP contribution in [-0.2, 0) is 4.74 Å². The molecule has 2 rings (SSSR count). The molecular weight excluding hydrogens is 228 g/mol. The maximum absolute atomic E-state index is 5.85. The fourth-order valence-corrected chi connectivity index (χ4v) is 2.21. The number of halogens is 1. The van der Waals surface area contributed by atoms with Gasteiger partial charge in [0, 0.05) is 5.33 Å². The molecule has 2 atom stereocenters. The Labute approximate surface area is 87.2 Å². The van der Waals surface area contributed by atoms with Gasteiger partial charge in [-0.3, -0.25) is 0 Å². The highest BCUT2D eigenvalue weighted by Crippen LogP contribution is 2.32. The second-order valence-corrected chi connectivity index (χ2v) is 4.04. The van der Waals surface area contributed by atoms with E-state index in [1.807, 2.05) is 6.07 Å². The van der Waals surface area contributed by atoms with Gasteiger partial charge in [-0.2, -0.15) is 0 Å². The van der Waals surface area contributed by atoms with Gasteiger partial charge in [-0.1, -0.05) is 46.3 Å². The second-order valence-electron chi connectivity index (χ2n) is 3.39. The monoisotopic (exact) mass is 240 g/mol. The molecule has 0 bridgehead atoms. The minimum atomic E-state index is 0.323. The number of benzene rings is 1. The molecule has 70 valence electrons. The highest BCUT2D eigenvalue weighted by molar-refractivity contribution is 9.09. The number of alkyl halides is 1. The molecule has 1 aromatic carbocycles. The van der Waals surface area contributed by atoms with Gasteiger partial charge in [-0.25, -0.2) is 0 Å². The first-order valence-corrected chi connectivity index (χ1v) is 5.78. The molecule has 0 spiro atoms. The van der Waals surface area contributed by atoms with Crippen molar-refractivity contribution in [1.82, 2.24) is 0 Å². The van der Waals surface area contributed by atoms with Gasteiger partial charge >= 0.3 is 0 Å². The molecule has 1 saturated heterocycles. The Hall–Kier alpha value is -0.340. The summed E-state index contributed by atoms with van der Waals surface area (Å²) in [6.07, 6.45) is 3.06. The normalized spacial score (nSPS) is 27.8. The number of hydrogen-bond donors (Lipinski definition) is 0. The van der Waals surface area contributed by atoms with Crippen molar-refractivity contribution in [2.45, 2.75) is 25.0 Å². The molecule has 0 amide bonds. The third-order valence-corrected chi connectivity index (χ3v) is 3.17. The van der Waals surface area contributed by atoms with Crippen molar-refractivity contribution in [2.24, 2.45) is 0 Å². The van der Waals surface area contributed by atoms with E-state index in [4.69, 9.17) is 4.74 Å². The fourth-order valence-electron chi connectivity index (χ4n) is 1.73. The van der Waals surface area contributed by atoms with Gasteiger partial charge in [0.2, 0.25) is 0 Å². The van der Waals surface area contributed by atoms with E-state index in [2.05, 4.69) is 40.2 Å². The average Bonchev–Trinajstić information content (AvgIpc) is 2.67. The molecule has 0 aromatic heterocycles. The number of ether oxygens (including phenoxy) is 1. The lowest BCUT2D eigenvalue weighted by Gasteiger charge is -2.11. The summed E-state index contributed by atoms with van der Waals surface area (Å²) in [4.78, 5) is 0. The van der Waals surface area contributed by atoms with E-state index in [9.17, 15) is 0 Å². The lowest BCUT2D eigenvalue weighted by molar-refractivity contribution is 0.0588. The molecule has 2 heteroatoms. The van der Waals surface area contributed by atoms with Crippen molar-refractivity contribution in [3.05, 3.63) is 35.9 Å². The second kappa shape index (κ2) is 4.25. The van der Waals surface area contributed by atoms with Crippen LogP contribution in [0.4, 0.5) is 0 Å². The Kier molecular flexibility index (Phi) is 3.01. The Balaban J connectivity index is 2.04. The van der Waals surface area contributed by atoms with Crippen LogP contribution in [0.15, 0.2) is 30.3 Å². The van der Waals surface area contributed by atoms with Gasteiger partial charge in [-0.15, -0.1) is 0 Å². The minimum absolute atomic E-state index is 0.323. The van der Waals surface area contributed by atoms with Crippen molar-refractivity contribution in [2.75, 3.05) is 5.33 Å². The van der Waals surface area contributed by atoms with Gasteiger partial charge < -0.3 is 4.74 Å². The molecule has 0 saturated carbocycles. The molecule has 0 unspecified atom stereocenters. The van der Waals surface area contributed by atoms with E-state index in [0.29, 0.717) is 12.2 Å². The van der Waals surface area contributed by atoms with Gasteiger partial charge in [0.1, 0.15) is 0 Å². The third-order valence-electron chi connectivity index (χ3n) is 2.45. The van der Waals surface area contributed by atoms with E-state index >= 15 is 0 Å². The molecule has 0 radical (unpaired) electrons. The predicted molar refractivity (Wildman–Crippen MR) is 57.1 cm³/mol. The van der Waals surface area contributed by atoms with Crippen LogP contribution in [0.3, 0.4) is 0 Å². The third kappa shape index (κ3) is 2.12. The van der Waals surface area contributed by atoms with Crippen LogP contribution in [0.25, 0.3) is 0 Å². The van der Waals surface area contributed by atoms with E-state index in [-0.39, 0.29) is 0 Å². The van der Waals surface area contributed by atoms with Crippen LogP contribution in [-0.4, -0.2) is 11.4 Å². The Morgan fingerprint density at radius 3 is 2.62 bits per heavy atom. The first-order chi connectivity index (χ1) is 6.40. The predicted octanol–water partition coefficient (Wildman–Crippen LogP) is 3.30. The summed E-state index contributed by atoms with van der Waals surface area (Å²) in [6, 6.07) is 10.5. The zero-order chi connectivity index (χ0) is 9.10. The van der Waals surface area contributed by atoms with Crippen LogP contribution in [0.1, 0.15) is 24.5 Å². The van der Waals surface area contributed by atoms with Gasteiger partial charge in [0.25, 0.3) is 0 Å². The topological polar surface area (TPSA) is 9.23 Å². The smallest absolute Gasteiger partial charge is 0.0830 e. The Morgan fingerprint density at radius 1 is 1.23 bits per heavy atom. The van der Waals surface area contributed by atoms with Crippen molar-refractivity contribution in [1.29, 1.82) is 0 Å². The summed E-state index contributed by atoms with van der Waals surface area (Å²) in [6.45, 7) is 0. The molecular formula is C11H13BrO. The number of rotatable bonds is 2. The van der Waals surface area contributed by atoms with Crippen LogP contribution in [0.2, 0.25) is 0 Å². The fraction of sp³-hybridized carbons (Fsp3) is 0.455. The SMILES string of the molecule is BrC[C@H]1CC[C@@H](c2ccccc2)O1. The summed E-state index contributed by atoms with van der Waals surface area (Å²) in [5.41, 5.74) is 1.31. The van der Waals surface area contributed by atoms with E-state index in [0.717, 1.165) is 11.8 Å². The van der Waals surface area contributed by atoms with E-state index < -0.39 is 0 Å². The zero-order valence-electron chi connectivity index (χ0n) is 7.45. The summed E-state index contributed by atoms with van der Waals surface area (Å²) in [7, 11) is 0. The molecule has 1 aliphatic rings. The number of hydrogen-bond acceptors (Lipinski definition) is 1. The lowest BCUT2D eigenvalue weighted by Crippen LogP contribution is -2.07. The quantitative estimate of drug-likeness (QED) is 0.722. The molecule has 1 nitrogen and oxygen atoms in total. The minimum Gasteiger partial charge on any atom is -0.369 e. The first kappa shape index (κ1) is 9.22. The molecule has 1 fully saturated rings. The van der Waals surface area contributed by atoms with Crippen LogP contribution >= 0.6 is 15.9 Å². The molecule has 1 aliphatic heterocycles. The summed E-state index contributed by atoms with van der Waals surface area (Å²) in [5.74, 6) is 0. The molecule has 0 aliphatic carbocycles. The first-order valence-electron chi connectivity index (χ1n) is 4.66. The van der Waals surface area contributed by atoms with Crippen LogP contribution in [0, 0.1) is 0 Å². The Bertz CT molecular complexity index is 260. The summed E-state index contributed by atoms with van der Waals surface area (Å²) < 4.78 is 5.85. The van der Waals surface area contributed by atoms with Gasteiger partial charge in [0.05, 0.1) is 12.2 Å². The van der Waals surface area contributed by atoms with Gasteiger partial charge in [0.15, 0.2) is 0 Å². The molecule has 0 N–H and O–H groups in total. The van der Waals surface area contributed by atoms with Crippen LogP contribution in [0.5, 0.6) is 0 Å². The van der Waals surface area contributed by atoms with Crippen molar-refractivity contribution >= 4 is 15.9 Å². The molecule has 1 aromatic rings. The van der Waals surface area contributed by atoms with E-state index in [1.165, 1.54) is 12.0 Å². The standard InChI is InChI=1S/C11H13BrO/c12-8-10-6-7-11(13-10)9-4-2-1-3-5-9/h1-5,10-11H,6-8H2/t10-,11+/m1/s1. The van der Waals surface area contributed by atoms with E-state index in [1.54, 1.807) is 0 Å². The van der Waals surface area contributed by atoms with Crippen molar-refractivity contribution in [3.63, 3.8) is 0 Å². The van der Waals surface area contributed by atoms with Gasteiger partial charge in [-0.05, 0) is 18.4 Å². The Morgan fingerprint density at radius 2 is 2.00 bits per heavy atom. The summed E-state index contributed by atoms with van der Waals surface area (Å²) in [5, 5.41) is 0.955. The van der Waals surface area contributed by atoms with Crippen molar-refractivity contribution in [3.8, 4) is 0 Å². The molecule has 1 heterocycles. The largest absolute Gasteiger partial charge is 0.369 e. The zero-order valence-corrected chi connectivity index (χ0v) is 9.03. The molecule has 13 heavy (non-hydrogen) atoms. The average molecular weight is 241 g/mol. The maximum Gasteiger partial charge on any atom is 0.0830 e. The highest BCUT2D eigenvalue weighted by Gasteiger charge is 2.25. The highest BCUT2D eigenvalue weighted by atomic mass is 79.9.